The maximum atomic E-state index is 14.1. The Morgan fingerprint density at radius 3 is 2.13 bits per heavy atom. The van der Waals surface area contributed by atoms with E-state index in [1.807, 2.05) is 47.2 Å². The van der Waals surface area contributed by atoms with Crippen molar-refractivity contribution in [1.29, 1.82) is 0 Å². The fourth-order valence-electron chi connectivity index (χ4n) is 8.43. The summed E-state index contributed by atoms with van der Waals surface area (Å²) in [7, 11) is -10.8. The molecule has 2 heterocycles. The summed E-state index contributed by atoms with van der Waals surface area (Å²) in [6.45, 7) is 6.53. The number of benzene rings is 4. The van der Waals surface area contributed by atoms with Crippen molar-refractivity contribution in [1.82, 2.24) is 14.5 Å². The Kier molecular flexibility index (Phi) is 15.5. The fourth-order valence-corrected chi connectivity index (χ4v) is 11.6. The standard InChI is InChI=1S/C46H53ClF3N5O5S3/c47-37-17-13-34(14-18-37)42-12-6-1-3-9-36(42)32-54-27-29-55(30-28-54)39-19-15-35(16-20-39)45(56)52-63(59,60)41-21-22-43(44(31-41)62(57,58)46(48,49)50)51-38(23-26-53-24-7-8-25-53)33-61-40-10-4-2-5-11-40/h2,4-5,10-11,13-22,31,38,51H,1,3,6-9,12,23-30,32-33H2,(H,52,56)/t38-/m1/s1. The smallest absolute Gasteiger partial charge is 0.380 e. The number of thioether (sulfide) groups is 1. The number of amides is 1. The molecule has 0 bridgehead atoms. The van der Waals surface area contributed by atoms with Crippen molar-refractivity contribution in [3.8, 4) is 0 Å². The zero-order valence-corrected chi connectivity index (χ0v) is 38.2. The van der Waals surface area contributed by atoms with E-state index in [9.17, 15) is 34.8 Å². The third kappa shape index (κ3) is 12.2. The van der Waals surface area contributed by atoms with Crippen LogP contribution in [-0.4, -0.2) is 102 Å². The molecule has 10 nitrogen and oxygen atoms in total. The SMILES string of the molecule is O=C(NS(=O)(=O)c1ccc(N[C@H](CCN2CCCC2)CSc2ccccc2)c(S(=O)(=O)C(F)(F)F)c1)c1ccc(N2CCN(CC3=C(c4ccc(Cl)cc4)CCCCC3)CC2)cc1. The molecule has 2 aliphatic heterocycles. The molecule has 17 heteroatoms. The number of halogens is 4. The van der Waals surface area contributed by atoms with Crippen LogP contribution in [0.15, 0.2) is 117 Å². The molecule has 2 N–H and O–H groups in total. The second-order valence-electron chi connectivity index (χ2n) is 16.3. The largest absolute Gasteiger partial charge is 0.501 e. The van der Waals surface area contributed by atoms with Crippen molar-refractivity contribution < 1.29 is 34.8 Å². The number of carbonyl (C=O) groups is 1. The number of hydrogen-bond donors (Lipinski definition) is 2. The van der Waals surface area contributed by atoms with Crippen molar-refractivity contribution in [2.45, 2.75) is 77.6 Å². The number of alkyl halides is 3. The summed E-state index contributed by atoms with van der Waals surface area (Å²) in [5.41, 5.74) is -1.10. The van der Waals surface area contributed by atoms with E-state index in [1.54, 1.807) is 12.1 Å². The van der Waals surface area contributed by atoms with Crippen molar-refractivity contribution in [2.24, 2.45) is 0 Å². The molecule has 1 amide bonds. The lowest BCUT2D eigenvalue weighted by Crippen LogP contribution is -2.47. The highest BCUT2D eigenvalue weighted by Gasteiger charge is 2.48. The Balaban J connectivity index is 1.01. The van der Waals surface area contributed by atoms with Crippen LogP contribution in [0.5, 0.6) is 0 Å². The van der Waals surface area contributed by atoms with Gasteiger partial charge in [-0.05, 0) is 136 Å². The molecule has 0 radical (unpaired) electrons. The second-order valence-corrected chi connectivity index (χ2v) is 21.4. The molecule has 4 aromatic carbocycles. The first kappa shape index (κ1) is 46.9. The molecular formula is C46H53ClF3N5O5S3. The topological polar surface area (TPSA) is 119 Å². The molecule has 4 aromatic rings. The van der Waals surface area contributed by atoms with Gasteiger partial charge in [-0.15, -0.1) is 11.8 Å². The summed E-state index contributed by atoms with van der Waals surface area (Å²) in [5, 5.41) is 3.73. The minimum absolute atomic E-state index is 0.00849. The van der Waals surface area contributed by atoms with Gasteiger partial charge in [-0.2, -0.15) is 13.2 Å². The summed E-state index contributed by atoms with van der Waals surface area (Å²) in [6.07, 6.45) is 8.28. The van der Waals surface area contributed by atoms with Gasteiger partial charge in [0.05, 0.1) is 10.6 Å². The molecule has 3 aliphatic rings. The van der Waals surface area contributed by atoms with Crippen LogP contribution in [0.25, 0.3) is 5.57 Å². The number of hydrogen-bond acceptors (Lipinski definition) is 10. The van der Waals surface area contributed by atoms with Gasteiger partial charge in [0.15, 0.2) is 0 Å². The average molecular weight is 945 g/mol. The summed E-state index contributed by atoms with van der Waals surface area (Å²) >= 11 is 7.64. The maximum absolute atomic E-state index is 14.1. The Morgan fingerprint density at radius 1 is 0.762 bits per heavy atom. The number of anilines is 2. The third-order valence-electron chi connectivity index (χ3n) is 11.9. The predicted octanol–water partition coefficient (Wildman–Crippen LogP) is 9.35. The van der Waals surface area contributed by atoms with Gasteiger partial charge in [0.1, 0.15) is 4.90 Å². The Morgan fingerprint density at radius 2 is 1.44 bits per heavy atom. The van der Waals surface area contributed by atoms with E-state index in [0.29, 0.717) is 24.8 Å². The maximum Gasteiger partial charge on any atom is 0.501 e. The fraction of sp³-hybridized carbons (Fsp3) is 0.413. The van der Waals surface area contributed by atoms with Gasteiger partial charge in [-0.25, -0.2) is 21.6 Å². The average Bonchev–Trinajstić information content (AvgIpc) is 3.70. The number of nitrogens with zero attached hydrogens (tertiary/aromatic N) is 3. The minimum Gasteiger partial charge on any atom is -0.380 e. The number of nitrogens with one attached hydrogen (secondary N) is 2. The summed E-state index contributed by atoms with van der Waals surface area (Å²) in [6, 6.07) is 26.0. The molecule has 0 saturated carbocycles. The van der Waals surface area contributed by atoms with E-state index in [1.165, 1.54) is 59.9 Å². The Labute approximate surface area is 378 Å². The number of rotatable bonds is 16. The molecule has 0 unspecified atom stereocenters. The van der Waals surface area contributed by atoms with Gasteiger partial charge in [0.2, 0.25) is 0 Å². The van der Waals surface area contributed by atoms with Gasteiger partial charge in [0, 0.05) is 72.2 Å². The van der Waals surface area contributed by atoms with Crippen LogP contribution in [0.1, 0.15) is 67.3 Å². The van der Waals surface area contributed by atoms with Gasteiger partial charge < -0.3 is 15.1 Å². The first-order chi connectivity index (χ1) is 30.2. The van der Waals surface area contributed by atoms with Crippen LogP contribution in [0, 0.1) is 0 Å². The van der Waals surface area contributed by atoms with Crippen LogP contribution < -0.4 is 14.9 Å². The highest BCUT2D eigenvalue weighted by Crippen LogP contribution is 2.37. The van der Waals surface area contributed by atoms with Crippen molar-refractivity contribution in [3.05, 3.63) is 119 Å². The lowest BCUT2D eigenvalue weighted by atomic mass is 9.95. The van der Waals surface area contributed by atoms with Crippen LogP contribution in [0.4, 0.5) is 24.5 Å². The third-order valence-corrected chi connectivity index (χ3v) is 16.2. The van der Waals surface area contributed by atoms with Crippen LogP contribution in [-0.2, 0) is 19.9 Å². The summed E-state index contributed by atoms with van der Waals surface area (Å²) in [4.78, 5) is 19.1. The van der Waals surface area contributed by atoms with Gasteiger partial charge in [0.25, 0.3) is 25.8 Å². The summed E-state index contributed by atoms with van der Waals surface area (Å²) in [5.74, 6) is -0.610. The highest BCUT2D eigenvalue weighted by molar-refractivity contribution is 7.99. The van der Waals surface area contributed by atoms with Gasteiger partial charge in [-0.1, -0.05) is 53.9 Å². The number of sulfone groups is 1. The molecule has 7 rings (SSSR count). The van der Waals surface area contributed by atoms with E-state index >= 15 is 0 Å². The normalized spacial score (nSPS) is 17.7. The van der Waals surface area contributed by atoms with Crippen molar-refractivity contribution in [2.75, 3.05) is 68.3 Å². The van der Waals surface area contributed by atoms with Crippen LogP contribution in [0.2, 0.25) is 5.02 Å². The van der Waals surface area contributed by atoms with Crippen molar-refractivity contribution >= 4 is 66.1 Å². The molecule has 1 atom stereocenters. The zero-order valence-electron chi connectivity index (χ0n) is 35.0. The van der Waals surface area contributed by atoms with E-state index in [-0.39, 0.29) is 11.3 Å². The van der Waals surface area contributed by atoms with Crippen LogP contribution >= 0.6 is 23.4 Å². The number of allylic oxidation sites excluding steroid dienone is 1. The monoisotopic (exact) mass is 943 g/mol. The first-order valence-corrected chi connectivity index (χ1v) is 25.7. The van der Waals surface area contributed by atoms with E-state index < -0.39 is 47.1 Å². The Hall–Kier alpha value is -4.06. The molecule has 338 valence electrons. The van der Waals surface area contributed by atoms with Gasteiger partial charge in [-0.3, -0.25) is 9.69 Å². The number of carbonyl (C=O) groups excluding carboxylic acids is 1. The molecule has 1 aliphatic carbocycles. The Bertz CT molecular complexity index is 2440. The molecule has 0 spiro atoms. The molecular weight excluding hydrogens is 891 g/mol. The van der Waals surface area contributed by atoms with Gasteiger partial charge >= 0.3 is 5.51 Å². The quantitative estimate of drug-likeness (QED) is 0.105. The zero-order chi connectivity index (χ0) is 44.6. The van der Waals surface area contributed by atoms with Crippen LogP contribution in [0.3, 0.4) is 0 Å². The highest BCUT2D eigenvalue weighted by atomic mass is 35.5. The lowest BCUT2D eigenvalue weighted by Gasteiger charge is -2.37. The minimum atomic E-state index is -6.03. The predicted molar refractivity (Wildman–Crippen MR) is 246 cm³/mol. The van der Waals surface area contributed by atoms with Crippen molar-refractivity contribution in [3.63, 3.8) is 0 Å². The molecule has 0 aromatic heterocycles. The number of sulfonamides is 1. The number of piperazine rings is 1. The number of likely N-dealkylation sites (tertiary alicyclic amines) is 1. The molecule has 2 saturated heterocycles. The lowest BCUT2D eigenvalue weighted by molar-refractivity contribution is -0.0435. The molecule has 2 fully saturated rings. The first-order valence-electron chi connectivity index (χ1n) is 21.4. The van der Waals surface area contributed by atoms with E-state index in [0.717, 1.165) is 99.2 Å². The second kappa shape index (κ2) is 20.8. The molecule has 63 heavy (non-hydrogen) atoms. The summed E-state index contributed by atoms with van der Waals surface area (Å²) < 4.78 is 97.5. The van der Waals surface area contributed by atoms with E-state index in [4.69, 9.17) is 11.6 Å². The van der Waals surface area contributed by atoms with E-state index in [2.05, 4.69) is 32.1 Å².